The Morgan fingerprint density at radius 3 is 2.33 bits per heavy atom. The number of benzene rings is 3. The van der Waals surface area contributed by atoms with E-state index in [9.17, 15) is 8.42 Å². The number of sulfonamides is 1. The monoisotopic (exact) mass is 439 g/mol. The van der Waals surface area contributed by atoms with Gasteiger partial charge in [-0.25, -0.2) is 18.1 Å². The fourth-order valence-corrected chi connectivity index (χ4v) is 4.90. The second-order valence-electron chi connectivity index (χ2n) is 7.07. The van der Waals surface area contributed by atoms with Gasteiger partial charge in [0.2, 0.25) is 10.0 Å². The standard InChI is InChI=1S/C23H22ClN3O2S/c1-2-20(26-30(28,29)19-8-4-3-5-9-19)23-25-21-10-6-7-11-22(21)27(23)16-17-12-14-18(24)15-13-17/h3-15,20,26H,2,16H2,1H3. The lowest BCUT2D eigenvalue weighted by molar-refractivity contribution is 0.524. The van der Waals surface area contributed by atoms with Gasteiger partial charge in [-0.2, -0.15) is 0 Å². The summed E-state index contributed by atoms with van der Waals surface area (Å²) < 4.78 is 30.8. The molecule has 1 unspecified atom stereocenters. The van der Waals surface area contributed by atoms with Gasteiger partial charge in [-0.1, -0.05) is 61.0 Å². The molecular weight excluding hydrogens is 418 g/mol. The van der Waals surface area contributed by atoms with Crippen LogP contribution in [0.15, 0.2) is 83.8 Å². The molecule has 0 saturated carbocycles. The van der Waals surface area contributed by atoms with Gasteiger partial charge < -0.3 is 4.57 Å². The van der Waals surface area contributed by atoms with Gasteiger partial charge in [-0.15, -0.1) is 0 Å². The first kappa shape index (κ1) is 20.6. The summed E-state index contributed by atoms with van der Waals surface area (Å²) in [6, 6.07) is 23.4. The van der Waals surface area contributed by atoms with E-state index in [2.05, 4.69) is 9.29 Å². The first-order chi connectivity index (χ1) is 14.5. The van der Waals surface area contributed by atoms with Crippen molar-refractivity contribution in [2.24, 2.45) is 0 Å². The summed E-state index contributed by atoms with van der Waals surface area (Å²) in [5, 5.41) is 0.677. The zero-order valence-corrected chi connectivity index (χ0v) is 18.1. The number of hydrogen-bond donors (Lipinski definition) is 1. The molecule has 30 heavy (non-hydrogen) atoms. The van der Waals surface area contributed by atoms with Crippen molar-refractivity contribution in [2.75, 3.05) is 0 Å². The molecule has 0 aliphatic rings. The first-order valence-electron chi connectivity index (χ1n) is 9.75. The van der Waals surface area contributed by atoms with Crippen molar-refractivity contribution < 1.29 is 8.42 Å². The van der Waals surface area contributed by atoms with Gasteiger partial charge in [0, 0.05) is 11.6 Å². The Balaban J connectivity index is 1.75. The van der Waals surface area contributed by atoms with E-state index in [0.29, 0.717) is 23.8 Å². The Bertz CT molecular complexity index is 1250. The minimum Gasteiger partial charge on any atom is -0.322 e. The van der Waals surface area contributed by atoms with Gasteiger partial charge >= 0.3 is 0 Å². The molecule has 1 N–H and O–H groups in total. The number of aromatic nitrogens is 2. The minimum atomic E-state index is -3.67. The maximum absolute atomic E-state index is 12.9. The van der Waals surface area contributed by atoms with Crippen molar-refractivity contribution >= 4 is 32.7 Å². The summed E-state index contributed by atoms with van der Waals surface area (Å²) in [6.07, 6.45) is 0.565. The van der Waals surface area contributed by atoms with E-state index in [1.807, 2.05) is 55.5 Å². The van der Waals surface area contributed by atoms with Crippen LogP contribution in [0.2, 0.25) is 5.02 Å². The van der Waals surface area contributed by atoms with E-state index >= 15 is 0 Å². The third-order valence-electron chi connectivity index (χ3n) is 5.01. The summed E-state index contributed by atoms with van der Waals surface area (Å²) in [6.45, 7) is 2.51. The van der Waals surface area contributed by atoms with Crippen LogP contribution in [0.25, 0.3) is 11.0 Å². The highest BCUT2D eigenvalue weighted by molar-refractivity contribution is 7.89. The van der Waals surface area contributed by atoms with E-state index in [0.717, 1.165) is 16.6 Å². The van der Waals surface area contributed by atoms with Crippen LogP contribution in [0, 0.1) is 0 Å². The third-order valence-corrected chi connectivity index (χ3v) is 6.75. The number of hydrogen-bond acceptors (Lipinski definition) is 3. The molecule has 4 rings (SSSR count). The highest BCUT2D eigenvalue weighted by atomic mass is 35.5. The van der Waals surface area contributed by atoms with Crippen molar-refractivity contribution in [1.29, 1.82) is 0 Å². The van der Waals surface area contributed by atoms with Gasteiger partial charge in [0.05, 0.1) is 22.0 Å². The van der Waals surface area contributed by atoms with Crippen molar-refractivity contribution in [1.82, 2.24) is 14.3 Å². The first-order valence-corrected chi connectivity index (χ1v) is 11.6. The van der Waals surface area contributed by atoms with Crippen molar-refractivity contribution in [3.8, 4) is 0 Å². The Kier molecular flexibility index (Phi) is 5.90. The summed E-state index contributed by atoms with van der Waals surface area (Å²) in [4.78, 5) is 5.02. The molecule has 0 fully saturated rings. The Morgan fingerprint density at radius 2 is 1.63 bits per heavy atom. The summed E-state index contributed by atoms with van der Waals surface area (Å²) in [7, 11) is -3.67. The molecule has 0 amide bonds. The Labute approximate surface area is 181 Å². The molecule has 5 nitrogen and oxygen atoms in total. The van der Waals surface area contributed by atoms with Gasteiger partial charge in [0.25, 0.3) is 0 Å². The van der Waals surface area contributed by atoms with E-state index in [-0.39, 0.29) is 4.90 Å². The lowest BCUT2D eigenvalue weighted by Gasteiger charge is -2.19. The number of fused-ring (bicyclic) bond motifs is 1. The van der Waals surface area contributed by atoms with Crippen LogP contribution in [0.5, 0.6) is 0 Å². The van der Waals surface area contributed by atoms with Crippen molar-refractivity contribution in [2.45, 2.75) is 30.8 Å². The fraction of sp³-hybridized carbons (Fsp3) is 0.174. The predicted molar refractivity (Wildman–Crippen MR) is 120 cm³/mol. The fourth-order valence-electron chi connectivity index (χ4n) is 3.47. The van der Waals surface area contributed by atoms with Crippen LogP contribution in [0.4, 0.5) is 0 Å². The zero-order valence-electron chi connectivity index (χ0n) is 16.5. The predicted octanol–water partition coefficient (Wildman–Crippen LogP) is 5.17. The molecule has 1 heterocycles. The highest BCUT2D eigenvalue weighted by Crippen LogP contribution is 2.26. The molecule has 0 aliphatic carbocycles. The molecule has 4 aromatic rings. The van der Waals surface area contributed by atoms with Crippen LogP contribution in [-0.4, -0.2) is 18.0 Å². The maximum atomic E-state index is 12.9. The van der Waals surface area contributed by atoms with E-state index < -0.39 is 16.1 Å². The molecule has 7 heteroatoms. The Hall–Kier alpha value is -2.67. The molecule has 0 saturated heterocycles. The largest absolute Gasteiger partial charge is 0.322 e. The molecule has 3 aromatic carbocycles. The maximum Gasteiger partial charge on any atom is 0.241 e. The smallest absolute Gasteiger partial charge is 0.241 e. The molecule has 1 aromatic heterocycles. The second-order valence-corrected chi connectivity index (χ2v) is 9.22. The van der Waals surface area contributed by atoms with E-state index in [4.69, 9.17) is 16.6 Å². The summed E-state index contributed by atoms with van der Waals surface area (Å²) in [5.74, 6) is 0.688. The average molecular weight is 440 g/mol. The van der Waals surface area contributed by atoms with E-state index in [1.54, 1.807) is 30.3 Å². The van der Waals surface area contributed by atoms with Gasteiger partial charge in [-0.05, 0) is 48.4 Å². The van der Waals surface area contributed by atoms with Crippen LogP contribution >= 0.6 is 11.6 Å². The van der Waals surface area contributed by atoms with Gasteiger partial charge in [0.15, 0.2) is 0 Å². The third kappa shape index (κ3) is 4.26. The quantitative estimate of drug-likeness (QED) is 0.432. The Morgan fingerprint density at radius 1 is 0.967 bits per heavy atom. The summed E-state index contributed by atoms with van der Waals surface area (Å²) in [5.41, 5.74) is 2.85. The van der Waals surface area contributed by atoms with Crippen molar-refractivity contribution in [3.05, 3.63) is 95.3 Å². The number of rotatable bonds is 7. The lowest BCUT2D eigenvalue weighted by atomic mass is 10.2. The van der Waals surface area contributed by atoms with Crippen LogP contribution in [0.3, 0.4) is 0 Å². The number of halogens is 1. The molecule has 0 radical (unpaired) electrons. The van der Waals surface area contributed by atoms with Gasteiger partial charge in [0.1, 0.15) is 5.82 Å². The molecule has 0 bridgehead atoms. The number of nitrogens with one attached hydrogen (secondary N) is 1. The molecule has 154 valence electrons. The van der Waals surface area contributed by atoms with Crippen molar-refractivity contribution in [3.63, 3.8) is 0 Å². The second kappa shape index (κ2) is 8.60. The topological polar surface area (TPSA) is 64.0 Å². The molecule has 1 atom stereocenters. The van der Waals surface area contributed by atoms with Crippen LogP contribution < -0.4 is 4.72 Å². The highest BCUT2D eigenvalue weighted by Gasteiger charge is 2.25. The normalized spacial score (nSPS) is 12.9. The van der Waals surface area contributed by atoms with Crippen LogP contribution in [-0.2, 0) is 16.6 Å². The lowest BCUT2D eigenvalue weighted by Crippen LogP contribution is -2.30. The summed E-state index contributed by atoms with van der Waals surface area (Å²) >= 11 is 6.03. The van der Waals surface area contributed by atoms with Crippen LogP contribution in [0.1, 0.15) is 30.8 Å². The minimum absolute atomic E-state index is 0.240. The average Bonchev–Trinajstić information content (AvgIpc) is 3.12. The molecule has 0 aliphatic heterocycles. The number of para-hydroxylation sites is 2. The molecular formula is C23H22ClN3O2S. The van der Waals surface area contributed by atoms with E-state index in [1.165, 1.54) is 0 Å². The molecule has 0 spiro atoms. The van der Waals surface area contributed by atoms with Gasteiger partial charge in [-0.3, -0.25) is 0 Å². The number of imidazole rings is 1. The SMILES string of the molecule is CCC(NS(=O)(=O)c1ccccc1)c1nc2ccccc2n1Cc1ccc(Cl)cc1. The zero-order chi connectivity index (χ0) is 21.1. The number of nitrogens with zero attached hydrogens (tertiary/aromatic N) is 2.